The second kappa shape index (κ2) is 6.59. The van der Waals surface area contributed by atoms with E-state index in [4.69, 9.17) is 0 Å². The number of rotatable bonds is 3. The molecule has 1 unspecified atom stereocenters. The number of nitrogens with one attached hydrogen (secondary N) is 1. The highest BCUT2D eigenvalue weighted by Gasteiger charge is 2.33. The Morgan fingerprint density at radius 2 is 2.00 bits per heavy atom. The van der Waals surface area contributed by atoms with E-state index in [-0.39, 0.29) is 12.4 Å². The van der Waals surface area contributed by atoms with Crippen molar-refractivity contribution in [2.75, 3.05) is 20.1 Å². The zero-order valence-corrected chi connectivity index (χ0v) is 11.5. The molecule has 1 atom stereocenters. The van der Waals surface area contributed by atoms with E-state index in [1.54, 1.807) is 12.1 Å². The van der Waals surface area contributed by atoms with Crippen molar-refractivity contribution >= 4 is 12.4 Å². The van der Waals surface area contributed by atoms with Crippen molar-refractivity contribution in [1.82, 2.24) is 10.2 Å². The number of halogens is 4. The summed E-state index contributed by atoms with van der Waals surface area (Å²) in [6, 6.07) is 6.21. The highest BCUT2D eigenvalue weighted by atomic mass is 35.5. The Morgan fingerprint density at radius 3 is 2.58 bits per heavy atom. The van der Waals surface area contributed by atoms with Crippen LogP contribution in [0.3, 0.4) is 0 Å². The van der Waals surface area contributed by atoms with E-state index in [9.17, 15) is 13.2 Å². The quantitative estimate of drug-likeness (QED) is 0.922. The molecule has 0 bridgehead atoms. The van der Waals surface area contributed by atoms with Gasteiger partial charge in [-0.25, -0.2) is 0 Å². The molecule has 2 nitrogen and oxygen atoms in total. The number of nitrogens with zero attached hydrogens (tertiary/aromatic N) is 1. The summed E-state index contributed by atoms with van der Waals surface area (Å²) in [6.07, 6.45) is -3.27. The molecular weight excluding hydrogens is 277 g/mol. The Hall–Kier alpha value is -0.780. The lowest BCUT2D eigenvalue weighted by Crippen LogP contribution is -2.29. The van der Waals surface area contributed by atoms with Gasteiger partial charge in [0.2, 0.25) is 0 Å². The molecule has 1 heterocycles. The minimum absolute atomic E-state index is 0. The number of alkyl halides is 3. The predicted octanol–water partition coefficient (Wildman–Crippen LogP) is 2.92. The van der Waals surface area contributed by atoms with Crippen molar-refractivity contribution in [3.8, 4) is 0 Å². The molecule has 0 aliphatic carbocycles. The maximum absolute atomic E-state index is 12.8. The van der Waals surface area contributed by atoms with Gasteiger partial charge < -0.3 is 5.32 Å². The Kier molecular flexibility index (Phi) is 5.64. The average Bonchev–Trinajstić information content (AvgIpc) is 2.76. The summed E-state index contributed by atoms with van der Waals surface area (Å²) in [5, 5.41) is 3.16. The number of benzene rings is 1. The fourth-order valence-corrected chi connectivity index (χ4v) is 2.39. The first-order chi connectivity index (χ1) is 8.50. The van der Waals surface area contributed by atoms with Gasteiger partial charge in [0.25, 0.3) is 0 Å². The molecule has 1 aliphatic heterocycles. The molecule has 1 aliphatic rings. The highest BCUT2D eigenvalue weighted by Crippen LogP contribution is 2.32. The normalized spacial score (nSPS) is 20.3. The molecule has 2 rings (SSSR count). The van der Waals surface area contributed by atoms with Crippen LogP contribution < -0.4 is 5.32 Å². The van der Waals surface area contributed by atoms with Crippen LogP contribution in [0.4, 0.5) is 13.2 Å². The summed E-state index contributed by atoms with van der Waals surface area (Å²) in [6.45, 7) is 2.02. The van der Waals surface area contributed by atoms with Gasteiger partial charge in [-0.1, -0.05) is 18.2 Å². The number of hydrogen-bond acceptors (Lipinski definition) is 2. The third-order valence-electron chi connectivity index (χ3n) is 3.40. The van der Waals surface area contributed by atoms with Gasteiger partial charge in [0.1, 0.15) is 0 Å². The molecule has 0 saturated carbocycles. The molecular formula is C13H18ClF3N2. The summed E-state index contributed by atoms with van der Waals surface area (Å²) in [7, 11) is 1.89. The van der Waals surface area contributed by atoms with Gasteiger partial charge >= 0.3 is 6.18 Å². The smallest absolute Gasteiger partial charge is 0.316 e. The summed E-state index contributed by atoms with van der Waals surface area (Å²) in [5.41, 5.74) is -0.153. The zero-order valence-electron chi connectivity index (χ0n) is 10.7. The fourth-order valence-electron chi connectivity index (χ4n) is 2.39. The molecule has 1 fully saturated rings. The van der Waals surface area contributed by atoms with Gasteiger partial charge in [-0.2, -0.15) is 13.2 Å². The van der Waals surface area contributed by atoms with Crippen LogP contribution in [-0.2, 0) is 12.7 Å². The van der Waals surface area contributed by atoms with Crippen LogP contribution in [-0.4, -0.2) is 31.1 Å². The van der Waals surface area contributed by atoms with Gasteiger partial charge in [-0.15, -0.1) is 12.4 Å². The minimum atomic E-state index is -4.27. The van der Waals surface area contributed by atoms with Gasteiger partial charge in [0.05, 0.1) is 5.56 Å². The first-order valence-electron chi connectivity index (χ1n) is 6.05. The van der Waals surface area contributed by atoms with E-state index in [0.717, 1.165) is 25.6 Å². The van der Waals surface area contributed by atoms with E-state index in [0.29, 0.717) is 18.2 Å². The van der Waals surface area contributed by atoms with Gasteiger partial charge in [0.15, 0.2) is 0 Å². The Bertz CT molecular complexity index is 409. The third-order valence-corrected chi connectivity index (χ3v) is 3.40. The van der Waals surface area contributed by atoms with Crippen LogP contribution in [0.25, 0.3) is 0 Å². The molecule has 6 heteroatoms. The van der Waals surface area contributed by atoms with Crippen LogP contribution in [0, 0.1) is 0 Å². The zero-order chi connectivity index (χ0) is 13.2. The van der Waals surface area contributed by atoms with Crippen molar-refractivity contribution in [2.24, 2.45) is 0 Å². The fraction of sp³-hybridized carbons (Fsp3) is 0.538. The van der Waals surface area contributed by atoms with Gasteiger partial charge in [-0.3, -0.25) is 4.90 Å². The van der Waals surface area contributed by atoms with Crippen molar-refractivity contribution in [2.45, 2.75) is 25.2 Å². The minimum Gasteiger partial charge on any atom is -0.316 e. The van der Waals surface area contributed by atoms with E-state index in [1.165, 1.54) is 6.07 Å². The maximum Gasteiger partial charge on any atom is 0.416 e. The van der Waals surface area contributed by atoms with Gasteiger partial charge in [-0.05, 0) is 25.1 Å². The molecule has 0 spiro atoms. The first-order valence-corrected chi connectivity index (χ1v) is 6.05. The summed E-state index contributed by atoms with van der Waals surface area (Å²) < 4.78 is 38.5. The van der Waals surface area contributed by atoms with Crippen LogP contribution in [0.1, 0.15) is 17.5 Å². The monoisotopic (exact) mass is 294 g/mol. The molecule has 1 saturated heterocycles. The van der Waals surface area contributed by atoms with E-state index >= 15 is 0 Å². The lowest BCUT2D eigenvalue weighted by Gasteiger charge is -2.19. The third kappa shape index (κ3) is 4.09. The molecule has 1 aromatic rings. The predicted molar refractivity (Wildman–Crippen MR) is 71.4 cm³/mol. The number of likely N-dealkylation sites (tertiary alicyclic amines) is 1. The average molecular weight is 295 g/mol. The maximum atomic E-state index is 12.8. The molecule has 108 valence electrons. The Labute approximate surface area is 117 Å². The molecule has 1 aromatic carbocycles. The van der Waals surface area contributed by atoms with Gasteiger partial charge in [0, 0.05) is 25.7 Å². The van der Waals surface area contributed by atoms with Crippen molar-refractivity contribution < 1.29 is 13.2 Å². The lowest BCUT2D eigenvalue weighted by molar-refractivity contribution is -0.138. The van der Waals surface area contributed by atoms with Crippen molar-refractivity contribution in [1.29, 1.82) is 0 Å². The van der Waals surface area contributed by atoms with Crippen LogP contribution >= 0.6 is 12.4 Å². The standard InChI is InChI=1S/C13H17F3N2.ClH/c1-17-11-6-7-18(9-11)8-10-4-2-3-5-12(10)13(14,15)16;/h2-5,11,17H,6-9H2,1H3;1H. The van der Waals surface area contributed by atoms with E-state index in [2.05, 4.69) is 10.2 Å². The highest BCUT2D eigenvalue weighted by molar-refractivity contribution is 5.85. The first kappa shape index (κ1) is 16.3. The largest absolute Gasteiger partial charge is 0.416 e. The lowest BCUT2D eigenvalue weighted by atomic mass is 10.1. The summed E-state index contributed by atoms with van der Waals surface area (Å²) in [4.78, 5) is 2.06. The van der Waals surface area contributed by atoms with Crippen molar-refractivity contribution in [3.05, 3.63) is 35.4 Å². The molecule has 0 aromatic heterocycles. The molecule has 1 N–H and O–H groups in total. The Balaban J connectivity index is 0.00000180. The van der Waals surface area contributed by atoms with E-state index < -0.39 is 11.7 Å². The Morgan fingerprint density at radius 1 is 1.32 bits per heavy atom. The van der Waals surface area contributed by atoms with Crippen molar-refractivity contribution in [3.63, 3.8) is 0 Å². The second-order valence-electron chi connectivity index (χ2n) is 4.66. The summed E-state index contributed by atoms with van der Waals surface area (Å²) >= 11 is 0. The summed E-state index contributed by atoms with van der Waals surface area (Å²) in [5.74, 6) is 0. The van der Waals surface area contributed by atoms with Crippen LogP contribution in [0.2, 0.25) is 0 Å². The molecule has 0 amide bonds. The van der Waals surface area contributed by atoms with Crippen LogP contribution in [0.15, 0.2) is 24.3 Å². The topological polar surface area (TPSA) is 15.3 Å². The molecule has 19 heavy (non-hydrogen) atoms. The second-order valence-corrected chi connectivity index (χ2v) is 4.66. The van der Waals surface area contributed by atoms with Crippen LogP contribution in [0.5, 0.6) is 0 Å². The van der Waals surface area contributed by atoms with E-state index in [1.807, 2.05) is 7.05 Å². The molecule has 0 radical (unpaired) electrons. The number of hydrogen-bond donors (Lipinski definition) is 1. The SMILES string of the molecule is CNC1CCN(Cc2ccccc2C(F)(F)F)C1.Cl. The number of likely N-dealkylation sites (N-methyl/N-ethyl adjacent to an activating group) is 1.